The van der Waals surface area contributed by atoms with Crippen LogP contribution in [-0.2, 0) is 25.7 Å². The molecule has 1 aromatic carbocycles. The third-order valence-corrected chi connectivity index (χ3v) is 5.19. The molecule has 0 spiro atoms. The number of rotatable bonds is 7. The highest BCUT2D eigenvalue weighted by atomic mass is 14.7. The summed E-state index contributed by atoms with van der Waals surface area (Å²) in [4.78, 5) is 5.06. The van der Waals surface area contributed by atoms with Crippen LogP contribution in [0.2, 0.25) is 0 Å². The highest BCUT2D eigenvalue weighted by Gasteiger charge is 2.25. The normalized spacial score (nSPS) is 12.3. The second-order valence-corrected chi connectivity index (χ2v) is 6.69. The maximum absolute atomic E-state index is 5.06. The summed E-state index contributed by atoms with van der Waals surface area (Å²) in [7, 11) is 0. The highest BCUT2D eigenvalue weighted by molar-refractivity contribution is 5.79. The molecule has 0 saturated heterocycles. The lowest BCUT2D eigenvalue weighted by Gasteiger charge is -2.18. The molecule has 23 heavy (non-hydrogen) atoms. The molecule has 0 bridgehead atoms. The lowest BCUT2D eigenvalue weighted by atomic mass is 9.90. The van der Waals surface area contributed by atoms with E-state index in [2.05, 4.69) is 45.0 Å². The van der Waals surface area contributed by atoms with E-state index in [-0.39, 0.29) is 0 Å². The molecule has 3 rings (SSSR count). The van der Waals surface area contributed by atoms with E-state index >= 15 is 0 Å². The summed E-state index contributed by atoms with van der Waals surface area (Å²) >= 11 is 0. The van der Waals surface area contributed by atoms with Crippen LogP contribution < -0.4 is 0 Å². The molecular weight excluding hydrogens is 278 g/mol. The first-order valence-electron chi connectivity index (χ1n) is 9.41. The zero-order valence-electron chi connectivity index (χ0n) is 14.9. The van der Waals surface area contributed by atoms with Crippen LogP contribution in [-0.4, -0.2) is 4.98 Å². The van der Waals surface area contributed by atoms with E-state index in [0.29, 0.717) is 0 Å². The molecule has 1 aliphatic carbocycles. The zero-order chi connectivity index (χ0) is 16.2. The van der Waals surface area contributed by atoms with Crippen molar-refractivity contribution in [1.29, 1.82) is 0 Å². The minimum absolute atomic E-state index is 1.02. The van der Waals surface area contributed by atoms with Crippen molar-refractivity contribution in [2.45, 2.75) is 72.1 Å². The Hall–Kier alpha value is -1.63. The molecule has 1 aliphatic rings. The zero-order valence-corrected chi connectivity index (χ0v) is 14.9. The van der Waals surface area contributed by atoms with Gasteiger partial charge in [-0.25, -0.2) is 0 Å². The second-order valence-electron chi connectivity index (χ2n) is 6.69. The first-order valence-corrected chi connectivity index (χ1v) is 9.41. The molecular formula is C22H29N. The Balaban J connectivity index is 2.06. The van der Waals surface area contributed by atoms with E-state index in [1.165, 1.54) is 65.7 Å². The number of aromatic nitrogens is 1. The van der Waals surface area contributed by atoms with Crippen molar-refractivity contribution < 1.29 is 0 Å². The minimum Gasteiger partial charge on any atom is -0.257 e. The molecule has 0 saturated carbocycles. The Labute approximate surface area is 141 Å². The standard InChI is InChI=1S/C22H29N/c1-4-7-8-9-14-19-17(5-2)20(6-3)23-21-15-16-12-10-11-13-18(16)22(19)21/h10-13H,4-9,14-15H2,1-3H3. The Morgan fingerprint density at radius 2 is 1.74 bits per heavy atom. The van der Waals surface area contributed by atoms with Crippen molar-refractivity contribution in [3.05, 3.63) is 52.3 Å². The predicted molar refractivity (Wildman–Crippen MR) is 99.1 cm³/mol. The summed E-state index contributed by atoms with van der Waals surface area (Å²) in [6, 6.07) is 8.90. The van der Waals surface area contributed by atoms with Gasteiger partial charge >= 0.3 is 0 Å². The third-order valence-electron chi connectivity index (χ3n) is 5.19. The van der Waals surface area contributed by atoms with E-state index in [1.807, 2.05) is 0 Å². The lowest BCUT2D eigenvalue weighted by molar-refractivity contribution is 0.663. The van der Waals surface area contributed by atoms with Crippen LogP contribution in [0.25, 0.3) is 11.1 Å². The topological polar surface area (TPSA) is 12.9 Å². The number of benzene rings is 1. The minimum atomic E-state index is 1.02. The summed E-state index contributed by atoms with van der Waals surface area (Å²) in [5.74, 6) is 0. The van der Waals surface area contributed by atoms with Crippen LogP contribution in [0.4, 0.5) is 0 Å². The van der Waals surface area contributed by atoms with Crippen molar-refractivity contribution in [3.8, 4) is 11.1 Å². The van der Waals surface area contributed by atoms with Crippen molar-refractivity contribution in [1.82, 2.24) is 4.98 Å². The third kappa shape index (κ3) is 3.06. The molecule has 0 fully saturated rings. The summed E-state index contributed by atoms with van der Waals surface area (Å²) < 4.78 is 0. The molecule has 0 aliphatic heterocycles. The molecule has 1 heteroatoms. The fourth-order valence-electron chi connectivity index (χ4n) is 4.04. The number of hydrogen-bond acceptors (Lipinski definition) is 1. The fraction of sp³-hybridized carbons (Fsp3) is 0.500. The Morgan fingerprint density at radius 1 is 0.913 bits per heavy atom. The predicted octanol–water partition coefficient (Wildman–Crippen LogP) is 5.90. The van der Waals surface area contributed by atoms with E-state index in [1.54, 1.807) is 5.56 Å². The molecule has 0 atom stereocenters. The lowest BCUT2D eigenvalue weighted by Crippen LogP contribution is -2.06. The van der Waals surface area contributed by atoms with Crippen molar-refractivity contribution in [2.75, 3.05) is 0 Å². The Bertz CT molecular complexity index is 685. The van der Waals surface area contributed by atoms with Gasteiger partial charge in [-0.2, -0.15) is 0 Å². The van der Waals surface area contributed by atoms with Gasteiger partial charge < -0.3 is 0 Å². The number of pyridine rings is 1. The average Bonchev–Trinajstić information content (AvgIpc) is 2.96. The van der Waals surface area contributed by atoms with Crippen LogP contribution in [0.5, 0.6) is 0 Å². The SMILES string of the molecule is CCCCCCc1c(CC)c(CC)nc2c1-c1ccccc1C2. The van der Waals surface area contributed by atoms with Crippen LogP contribution in [0.15, 0.2) is 24.3 Å². The van der Waals surface area contributed by atoms with Gasteiger partial charge in [0, 0.05) is 17.7 Å². The largest absolute Gasteiger partial charge is 0.257 e. The molecule has 1 heterocycles. The molecule has 0 N–H and O–H groups in total. The first kappa shape index (κ1) is 16.2. The van der Waals surface area contributed by atoms with Gasteiger partial charge in [0.05, 0.1) is 5.69 Å². The maximum Gasteiger partial charge on any atom is 0.0532 e. The highest BCUT2D eigenvalue weighted by Crippen LogP contribution is 2.40. The first-order chi connectivity index (χ1) is 11.3. The number of unbranched alkanes of at least 4 members (excludes halogenated alkanes) is 3. The van der Waals surface area contributed by atoms with Crippen molar-refractivity contribution in [3.63, 3.8) is 0 Å². The number of aryl methyl sites for hydroxylation is 1. The smallest absolute Gasteiger partial charge is 0.0532 e. The van der Waals surface area contributed by atoms with Gasteiger partial charge in [0.25, 0.3) is 0 Å². The molecule has 0 unspecified atom stereocenters. The second kappa shape index (κ2) is 7.29. The van der Waals surface area contributed by atoms with Crippen LogP contribution in [0, 0.1) is 0 Å². The summed E-state index contributed by atoms with van der Waals surface area (Å²) in [5, 5.41) is 0. The van der Waals surface area contributed by atoms with E-state index in [4.69, 9.17) is 4.98 Å². The summed E-state index contributed by atoms with van der Waals surface area (Å²) in [5.41, 5.74) is 10.2. The van der Waals surface area contributed by atoms with Crippen molar-refractivity contribution in [2.24, 2.45) is 0 Å². The quantitative estimate of drug-likeness (QED) is 0.495. The number of nitrogens with zero attached hydrogens (tertiary/aromatic N) is 1. The summed E-state index contributed by atoms with van der Waals surface area (Å²) in [6.45, 7) is 6.82. The average molecular weight is 307 g/mol. The molecule has 0 amide bonds. The Morgan fingerprint density at radius 3 is 2.48 bits per heavy atom. The molecule has 2 aromatic rings. The van der Waals surface area contributed by atoms with E-state index < -0.39 is 0 Å². The van der Waals surface area contributed by atoms with Crippen LogP contribution in [0.1, 0.15) is 74.5 Å². The summed E-state index contributed by atoms with van der Waals surface area (Å²) in [6.07, 6.45) is 9.70. The maximum atomic E-state index is 5.06. The van der Waals surface area contributed by atoms with Gasteiger partial charge in [-0.15, -0.1) is 0 Å². The van der Waals surface area contributed by atoms with Gasteiger partial charge in [-0.3, -0.25) is 4.98 Å². The molecule has 0 radical (unpaired) electrons. The molecule has 1 aromatic heterocycles. The monoisotopic (exact) mass is 307 g/mol. The van der Waals surface area contributed by atoms with Gasteiger partial charge in [0.15, 0.2) is 0 Å². The number of fused-ring (bicyclic) bond motifs is 3. The van der Waals surface area contributed by atoms with Crippen LogP contribution >= 0.6 is 0 Å². The molecule has 122 valence electrons. The fourth-order valence-corrected chi connectivity index (χ4v) is 4.04. The van der Waals surface area contributed by atoms with Crippen molar-refractivity contribution >= 4 is 0 Å². The van der Waals surface area contributed by atoms with E-state index in [9.17, 15) is 0 Å². The number of hydrogen-bond donors (Lipinski definition) is 0. The molecule has 1 nitrogen and oxygen atoms in total. The van der Waals surface area contributed by atoms with Crippen LogP contribution in [0.3, 0.4) is 0 Å². The van der Waals surface area contributed by atoms with Gasteiger partial charge in [0.2, 0.25) is 0 Å². The van der Waals surface area contributed by atoms with Gasteiger partial charge in [-0.05, 0) is 47.9 Å². The van der Waals surface area contributed by atoms with Gasteiger partial charge in [-0.1, -0.05) is 64.3 Å². The van der Waals surface area contributed by atoms with E-state index in [0.717, 1.165) is 19.3 Å². The Kier molecular flexibility index (Phi) is 5.15. The van der Waals surface area contributed by atoms with Gasteiger partial charge in [0.1, 0.15) is 0 Å².